The molecule has 11 heteroatoms. The lowest BCUT2D eigenvalue weighted by molar-refractivity contribution is -0.145. The summed E-state index contributed by atoms with van der Waals surface area (Å²) in [7, 11) is 0. The van der Waals surface area contributed by atoms with Gasteiger partial charge in [0.1, 0.15) is 0 Å². The van der Waals surface area contributed by atoms with Crippen molar-refractivity contribution < 1.29 is 23.8 Å². The molecular formula is C20H29N3O8. The van der Waals surface area contributed by atoms with Crippen molar-refractivity contribution in [3.8, 4) is 0 Å². The second-order valence-corrected chi connectivity index (χ2v) is 6.93. The zero-order valence-corrected chi connectivity index (χ0v) is 17.9. The number of H-pyrrole nitrogens is 2. The second kappa shape index (κ2) is 12.5. The summed E-state index contributed by atoms with van der Waals surface area (Å²) in [4.78, 5) is 62.6. The number of aromatic amines is 2. The number of hydrogen-bond donors (Lipinski definition) is 2. The Balaban J connectivity index is 3.20. The summed E-state index contributed by atoms with van der Waals surface area (Å²) in [6, 6.07) is 0. The van der Waals surface area contributed by atoms with Crippen LogP contribution in [0.4, 0.5) is 0 Å². The molecule has 11 nitrogen and oxygen atoms in total. The van der Waals surface area contributed by atoms with E-state index in [1.807, 2.05) is 9.97 Å². The molecule has 0 aromatic carbocycles. The third kappa shape index (κ3) is 8.59. The highest BCUT2D eigenvalue weighted by molar-refractivity contribution is 5.81. The van der Waals surface area contributed by atoms with Crippen molar-refractivity contribution in [2.75, 3.05) is 6.61 Å². The summed E-state index contributed by atoms with van der Waals surface area (Å²) in [6.45, 7) is 11.9. The maximum Gasteiger partial charge on any atom is 0.333 e. The Morgan fingerprint density at radius 2 is 1.42 bits per heavy atom. The van der Waals surface area contributed by atoms with Gasteiger partial charge in [-0.05, 0) is 39.5 Å². The molecule has 0 saturated carbocycles. The third-order valence-electron chi connectivity index (χ3n) is 4.44. The zero-order chi connectivity index (χ0) is 23.6. The lowest BCUT2D eigenvalue weighted by Gasteiger charge is -2.30. The predicted molar refractivity (Wildman–Crippen MR) is 112 cm³/mol. The van der Waals surface area contributed by atoms with E-state index in [-0.39, 0.29) is 26.0 Å². The first-order chi connectivity index (χ1) is 14.6. The van der Waals surface area contributed by atoms with E-state index in [0.29, 0.717) is 0 Å². The van der Waals surface area contributed by atoms with Gasteiger partial charge in [-0.25, -0.2) is 28.5 Å². The monoisotopic (exact) mass is 439 g/mol. The van der Waals surface area contributed by atoms with Crippen LogP contribution in [0.3, 0.4) is 0 Å². The van der Waals surface area contributed by atoms with E-state index < -0.39 is 53.2 Å². The summed E-state index contributed by atoms with van der Waals surface area (Å²) in [5.41, 5.74) is -2.67. The van der Waals surface area contributed by atoms with E-state index in [0.717, 1.165) is 16.7 Å². The van der Waals surface area contributed by atoms with Crippen molar-refractivity contribution in [1.29, 1.82) is 0 Å². The first-order valence-electron chi connectivity index (χ1n) is 9.82. The molecule has 1 aromatic heterocycles. The highest BCUT2D eigenvalue weighted by atomic mass is 16.5. The van der Waals surface area contributed by atoms with Crippen LogP contribution < -0.4 is 17.1 Å². The molecule has 0 bridgehead atoms. The molecular weight excluding hydrogens is 410 g/mol. The summed E-state index contributed by atoms with van der Waals surface area (Å²) in [6.07, 6.45) is 0.868. The number of esters is 2. The minimum absolute atomic E-state index is 0.173. The molecule has 0 aliphatic heterocycles. The van der Waals surface area contributed by atoms with Crippen molar-refractivity contribution >= 4 is 11.9 Å². The Morgan fingerprint density at radius 3 is 1.81 bits per heavy atom. The van der Waals surface area contributed by atoms with Gasteiger partial charge in [0.15, 0.2) is 0 Å². The molecule has 1 rings (SSSR count). The molecule has 3 atom stereocenters. The lowest BCUT2D eigenvalue weighted by atomic mass is 9.90. The number of nitrogens with zero attached hydrogens (tertiary/aromatic N) is 1. The largest absolute Gasteiger partial charge is 0.460 e. The molecule has 0 radical (unpaired) electrons. The van der Waals surface area contributed by atoms with Crippen LogP contribution in [0.25, 0.3) is 0 Å². The fourth-order valence-electron chi connectivity index (χ4n) is 3.19. The molecule has 0 fully saturated rings. The zero-order valence-electron chi connectivity index (χ0n) is 17.9. The van der Waals surface area contributed by atoms with Crippen LogP contribution in [-0.2, 0) is 30.3 Å². The lowest BCUT2D eigenvalue weighted by Crippen LogP contribution is -2.47. The van der Waals surface area contributed by atoms with Crippen LogP contribution >= 0.6 is 0 Å². The molecule has 0 amide bonds. The third-order valence-corrected chi connectivity index (χ3v) is 4.44. The maximum atomic E-state index is 12.1. The maximum absolute atomic E-state index is 12.1. The van der Waals surface area contributed by atoms with Gasteiger partial charge < -0.3 is 14.2 Å². The first-order valence-corrected chi connectivity index (χ1v) is 9.82. The topological polar surface area (TPSA) is 150 Å². The molecule has 1 aromatic rings. The number of ether oxygens (including phenoxy) is 3. The molecule has 0 saturated heterocycles. The van der Waals surface area contributed by atoms with Gasteiger partial charge in [-0.1, -0.05) is 13.2 Å². The van der Waals surface area contributed by atoms with Crippen LogP contribution in [0.5, 0.6) is 0 Å². The summed E-state index contributed by atoms with van der Waals surface area (Å²) < 4.78 is 17.1. The normalized spacial score (nSPS) is 14.7. The number of nitrogens with one attached hydrogen (secondary N) is 2. The van der Waals surface area contributed by atoms with E-state index in [4.69, 9.17) is 14.2 Å². The van der Waals surface area contributed by atoms with Gasteiger partial charge in [0, 0.05) is 18.8 Å². The van der Waals surface area contributed by atoms with E-state index in [9.17, 15) is 24.0 Å². The van der Waals surface area contributed by atoms with Crippen molar-refractivity contribution in [1.82, 2.24) is 14.5 Å². The molecule has 0 aliphatic rings. The molecule has 31 heavy (non-hydrogen) atoms. The average molecular weight is 439 g/mol. The van der Waals surface area contributed by atoms with Gasteiger partial charge in [0.05, 0.1) is 24.9 Å². The number of hydrogen-bond acceptors (Lipinski definition) is 8. The van der Waals surface area contributed by atoms with Crippen LogP contribution in [0.15, 0.2) is 39.7 Å². The minimum atomic E-state index is -0.911. The van der Waals surface area contributed by atoms with E-state index in [1.165, 1.54) is 0 Å². The minimum Gasteiger partial charge on any atom is -0.460 e. The van der Waals surface area contributed by atoms with Crippen molar-refractivity contribution in [3.63, 3.8) is 0 Å². The van der Waals surface area contributed by atoms with Crippen LogP contribution in [0.2, 0.25) is 0 Å². The Kier molecular flexibility index (Phi) is 10.4. The summed E-state index contributed by atoms with van der Waals surface area (Å²) >= 11 is 0. The first kappa shape index (κ1) is 25.8. The number of aromatic nitrogens is 3. The van der Waals surface area contributed by atoms with Crippen molar-refractivity contribution in [2.45, 2.75) is 58.5 Å². The second-order valence-electron chi connectivity index (χ2n) is 6.93. The van der Waals surface area contributed by atoms with Crippen molar-refractivity contribution in [3.05, 3.63) is 56.8 Å². The molecule has 3 unspecified atom stereocenters. The smallest absolute Gasteiger partial charge is 0.333 e. The van der Waals surface area contributed by atoms with Gasteiger partial charge in [-0.15, -0.1) is 0 Å². The van der Waals surface area contributed by atoms with Gasteiger partial charge in [0.2, 0.25) is 0 Å². The fourth-order valence-corrected chi connectivity index (χ4v) is 3.19. The van der Waals surface area contributed by atoms with Gasteiger partial charge in [0.25, 0.3) is 0 Å². The van der Waals surface area contributed by atoms with Gasteiger partial charge in [-0.3, -0.25) is 9.97 Å². The number of carbonyl (C=O) groups excluding carboxylic acids is 2. The van der Waals surface area contributed by atoms with Crippen LogP contribution in [-0.4, -0.2) is 51.4 Å². The van der Waals surface area contributed by atoms with E-state index >= 15 is 0 Å². The molecule has 0 spiro atoms. The van der Waals surface area contributed by atoms with Crippen molar-refractivity contribution in [2.24, 2.45) is 5.92 Å². The van der Waals surface area contributed by atoms with E-state index in [1.54, 1.807) is 20.8 Å². The summed E-state index contributed by atoms with van der Waals surface area (Å²) in [5, 5.41) is 0. The molecule has 2 N–H and O–H groups in total. The van der Waals surface area contributed by atoms with Gasteiger partial charge in [-0.2, -0.15) is 0 Å². The highest BCUT2D eigenvalue weighted by Gasteiger charge is 2.29. The number of carbonyl (C=O) groups is 2. The van der Waals surface area contributed by atoms with Gasteiger partial charge >= 0.3 is 29.0 Å². The average Bonchev–Trinajstić information content (AvgIpc) is 2.68. The quantitative estimate of drug-likeness (QED) is 0.328. The van der Waals surface area contributed by atoms with E-state index in [2.05, 4.69) is 13.2 Å². The summed E-state index contributed by atoms with van der Waals surface area (Å²) in [5.74, 6) is -1.59. The molecule has 172 valence electrons. The Labute approximate surface area is 178 Å². The van der Waals surface area contributed by atoms with Crippen LogP contribution in [0, 0.1) is 5.92 Å². The van der Waals surface area contributed by atoms with Crippen LogP contribution in [0.1, 0.15) is 33.6 Å². The highest BCUT2D eigenvalue weighted by Crippen LogP contribution is 2.24. The molecule has 1 heterocycles. The fraction of sp³-hybridized carbons (Fsp3) is 0.550. The Bertz CT molecular complexity index is 880. The standard InChI is InChI=1S/C20H29N3O8/c1-6-16(24)30-12(4)9-14(10-13(5)31-17(25)7-2)15(29-8-3)11-23-19(27)21-18(26)22-20(23)28/h6-7,12-15H,1-2,8-11H2,3-5H3,(H2,21,22,26,27,28). The Hall–Kier alpha value is -3.21. The Morgan fingerprint density at radius 1 is 0.968 bits per heavy atom. The SMILES string of the molecule is C=CC(=O)OC(C)CC(CC(C)OC(=O)C=C)C(Cn1c(=O)[nH]c(=O)[nH]c1=O)OCC. The molecule has 0 aliphatic carbocycles. The predicted octanol–water partition coefficient (Wildman–Crippen LogP) is 0.262. The number of rotatable bonds is 13.